The predicted molar refractivity (Wildman–Crippen MR) is 83.3 cm³/mol. The molecule has 0 spiro atoms. The van der Waals surface area contributed by atoms with Crippen molar-refractivity contribution in [2.45, 2.75) is 13.3 Å². The summed E-state index contributed by atoms with van der Waals surface area (Å²) in [6, 6.07) is 16.5. The number of hydrogen-bond donors (Lipinski definition) is 1. The van der Waals surface area contributed by atoms with Gasteiger partial charge in [0.15, 0.2) is 0 Å². The molecule has 0 aliphatic carbocycles. The summed E-state index contributed by atoms with van der Waals surface area (Å²) in [6.07, 6.45) is 0.0917. The highest BCUT2D eigenvalue weighted by Crippen LogP contribution is 2.35. The molecule has 0 aliphatic heterocycles. The van der Waals surface area contributed by atoms with Crippen LogP contribution in [0.5, 0.6) is 0 Å². The lowest BCUT2D eigenvalue weighted by Gasteiger charge is -2.07. The van der Waals surface area contributed by atoms with Gasteiger partial charge < -0.3 is 5.11 Å². The molecule has 3 rings (SSSR count). The highest BCUT2D eigenvalue weighted by atomic mass is 32.1. The van der Waals surface area contributed by atoms with E-state index in [2.05, 4.69) is 37.3 Å². The van der Waals surface area contributed by atoms with Crippen LogP contribution in [0, 0.1) is 6.92 Å². The second-order valence-corrected chi connectivity index (χ2v) is 5.98. The number of benzene rings is 2. The summed E-state index contributed by atoms with van der Waals surface area (Å²) in [5.74, 6) is -0.785. The van der Waals surface area contributed by atoms with Gasteiger partial charge in [0.05, 0.1) is 6.42 Å². The lowest BCUT2D eigenvalue weighted by atomic mass is 9.99. The van der Waals surface area contributed by atoms with Crippen molar-refractivity contribution in [1.82, 2.24) is 0 Å². The monoisotopic (exact) mass is 282 g/mol. The summed E-state index contributed by atoms with van der Waals surface area (Å²) in [6.45, 7) is 2.11. The first-order chi connectivity index (χ1) is 9.65. The number of fused-ring (bicyclic) bond motifs is 1. The molecule has 0 saturated heterocycles. The van der Waals surface area contributed by atoms with Crippen molar-refractivity contribution in [2.24, 2.45) is 0 Å². The molecule has 0 radical (unpaired) electrons. The average molecular weight is 282 g/mol. The van der Waals surface area contributed by atoms with Crippen molar-refractivity contribution < 1.29 is 9.90 Å². The van der Waals surface area contributed by atoms with Gasteiger partial charge >= 0.3 is 5.97 Å². The standard InChI is InChI=1S/C17H14O2S/c1-11-4-2-5-12-6-3-7-14(17(11)12)15-9-8-13(20-15)10-16(18)19/h2-9H,10H2,1H3,(H,18,19). The van der Waals surface area contributed by atoms with E-state index in [0.717, 1.165) is 9.75 Å². The average Bonchev–Trinajstić information content (AvgIpc) is 2.86. The van der Waals surface area contributed by atoms with Crippen LogP contribution in [0.4, 0.5) is 0 Å². The third-order valence-corrected chi connectivity index (χ3v) is 4.48. The second-order valence-electron chi connectivity index (χ2n) is 4.82. The van der Waals surface area contributed by atoms with Gasteiger partial charge in [-0.25, -0.2) is 0 Å². The van der Waals surface area contributed by atoms with Crippen LogP contribution in [-0.4, -0.2) is 11.1 Å². The van der Waals surface area contributed by atoms with Gasteiger partial charge in [-0.3, -0.25) is 4.79 Å². The van der Waals surface area contributed by atoms with E-state index < -0.39 is 5.97 Å². The van der Waals surface area contributed by atoms with Gasteiger partial charge in [-0.05, 0) is 41.0 Å². The fourth-order valence-corrected chi connectivity index (χ4v) is 3.53. The molecule has 0 amide bonds. The fourth-order valence-electron chi connectivity index (χ4n) is 2.50. The Morgan fingerprint density at radius 2 is 1.85 bits per heavy atom. The van der Waals surface area contributed by atoms with E-state index in [9.17, 15) is 4.79 Å². The van der Waals surface area contributed by atoms with Crippen LogP contribution >= 0.6 is 11.3 Å². The Morgan fingerprint density at radius 3 is 2.60 bits per heavy atom. The molecule has 0 unspecified atom stereocenters. The number of thiophene rings is 1. The Morgan fingerprint density at radius 1 is 1.10 bits per heavy atom. The van der Waals surface area contributed by atoms with Gasteiger partial charge in [0, 0.05) is 9.75 Å². The lowest BCUT2D eigenvalue weighted by Crippen LogP contribution is -1.96. The van der Waals surface area contributed by atoms with E-state index in [1.54, 1.807) is 11.3 Å². The number of aliphatic carboxylic acids is 1. The van der Waals surface area contributed by atoms with E-state index in [1.807, 2.05) is 18.2 Å². The maximum Gasteiger partial charge on any atom is 0.308 e. The zero-order valence-electron chi connectivity index (χ0n) is 11.1. The van der Waals surface area contributed by atoms with Crippen molar-refractivity contribution in [3.63, 3.8) is 0 Å². The van der Waals surface area contributed by atoms with Crippen LogP contribution in [0.15, 0.2) is 48.5 Å². The van der Waals surface area contributed by atoms with Crippen LogP contribution in [-0.2, 0) is 11.2 Å². The van der Waals surface area contributed by atoms with Gasteiger partial charge in [-0.15, -0.1) is 11.3 Å². The predicted octanol–water partition coefficient (Wildman–Crippen LogP) is 4.50. The van der Waals surface area contributed by atoms with Crippen molar-refractivity contribution in [3.8, 4) is 10.4 Å². The summed E-state index contributed by atoms with van der Waals surface area (Å²) in [7, 11) is 0. The van der Waals surface area contributed by atoms with Crippen LogP contribution in [0.2, 0.25) is 0 Å². The molecular formula is C17H14O2S. The van der Waals surface area contributed by atoms with Gasteiger partial charge in [-0.1, -0.05) is 36.4 Å². The Kier molecular flexibility index (Phi) is 3.28. The fraction of sp³-hybridized carbons (Fsp3) is 0.118. The molecule has 2 nitrogen and oxygen atoms in total. The molecule has 0 saturated carbocycles. The number of rotatable bonds is 3. The molecular weight excluding hydrogens is 268 g/mol. The summed E-state index contributed by atoms with van der Waals surface area (Å²) in [4.78, 5) is 12.8. The Labute approximate surface area is 121 Å². The van der Waals surface area contributed by atoms with Crippen molar-refractivity contribution in [1.29, 1.82) is 0 Å². The molecule has 20 heavy (non-hydrogen) atoms. The minimum absolute atomic E-state index is 0.0917. The lowest BCUT2D eigenvalue weighted by molar-refractivity contribution is -0.136. The summed E-state index contributed by atoms with van der Waals surface area (Å²) >= 11 is 1.56. The van der Waals surface area contributed by atoms with E-state index in [4.69, 9.17) is 5.11 Å². The van der Waals surface area contributed by atoms with Crippen LogP contribution in [0.25, 0.3) is 21.2 Å². The van der Waals surface area contributed by atoms with Crippen molar-refractivity contribution in [2.75, 3.05) is 0 Å². The minimum Gasteiger partial charge on any atom is -0.481 e. The summed E-state index contributed by atoms with van der Waals surface area (Å²) < 4.78 is 0. The normalized spacial score (nSPS) is 10.8. The molecule has 3 heteroatoms. The molecule has 3 aromatic rings. The highest BCUT2D eigenvalue weighted by Gasteiger charge is 2.10. The third-order valence-electron chi connectivity index (χ3n) is 3.37. The van der Waals surface area contributed by atoms with Crippen molar-refractivity contribution in [3.05, 3.63) is 59.0 Å². The van der Waals surface area contributed by atoms with Gasteiger partial charge in [0.1, 0.15) is 0 Å². The largest absolute Gasteiger partial charge is 0.481 e. The maximum absolute atomic E-state index is 10.8. The van der Waals surface area contributed by atoms with E-state index >= 15 is 0 Å². The molecule has 100 valence electrons. The zero-order chi connectivity index (χ0) is 14.1. The van der Waals surface area contributed by atoms with E-state index in [0.29, 0.717) is 0 Å². The van der Waals surface area contributed by atoms with E-state index in [-0.39, 0.29) is 6.42 Å². The Balaban J connectivity index is 2.14. The third kappa shape index (κ3) is 2.32. The van der Waals surface area contributed by atoms with Crippen LogP contribution < -0.4 is 0 Å². The number of aryl methyl sites for hydroxylation is 1. The van der Waals surface area contributed by atoms with Crippen LogP contribution in [0.3, 0.4) is 0 Å². The number of carboxylic acid groups (broad SMARTS) is 1. The second kappa shape index (κ2) is 5.10. The first kappa shape index (κ1) is 12.9. The smallest absolute Gasteiger partial charge is 0.308 e. The molecule has 1 N–H and O–H groups in total. The summed E-state index contributed by atoms with van der Waals surface area (Å²) in [5.41, 5.74) is 2.42. The minimum atomic E-state index is -0.785. The zero-order valence-corrected chi connectivity index (χ0v) is 11.9. The van der Waals surface area contributed by atoms with Gasteiger partial charge in [-0.2, -0.15) is 0 Å². The topological polar surface area (TPSA) is 37.3 Å². The molecule has 1 heterocycles. The van der Waals surface area contributed by atoms with Gasteiger partial charge in [0.2, 0.25) is 0 Å². The first-order valence-corrected chi connectivity index (χ1v) is 7.26. The molecule has 0 fully saturated rings. The molecule has 0 atom stereocenters. The molecule has 1 aromatic heterocycles. The van der Waals surface area contributed by atoms with Crippen molar-refractivity contribution >= 4 is 28.1 Å². The van der Waals surface area contributed by atoms with E-state index in [1.165, 1.54) is 21.9 Å². The molecule has 0 aliphatic rings. The van der Waals surface area contributed by atoms with Crippen LogP contribution in [0.1, 0.15) is 10.4 Å². The molecule has 2 aromatic carbocycles. The summed E-state index contributed by atoms with van der Waals surface area (Å²) in [5, 5.41) is 11.3. The maximum atomic E-state index is 10.8. The highest BCUT2D eigenvalue weighted by molar-refractivity contribution is 7.15. The Bertz CT molecular complexity index is 781. The Hall–Kier alpha value is -2.13. The quantitative estimate of drug-likeness (QED) is 0.767. The first-order valence-electron chi connectivity index (χ1n) is 6.44. The number of carboxylic acids is 1. The molecule has 0 bridgehead atoms. The SMILES string of the molecule is Cc1cccc2cccc(-c3ccc(CC(=O)O)s3)c12. The van der Waals surface area contributed by atoms with Gasteiger partial charge in [0.25, 0.3) is 0 Å². The number of carbonyl (C=O) groups is 1. The number of hydrogen-bond acceptors (Lipinski definition) is 2.